The van der Waals surface area contributed by atoms with Crippen LogP contribution in [0, 0.1) is 11.2 Å². The van der Waals surface area contributed by atoms with Gasteiger partial charge in [0.2, 0.25) is 5.91 Å². The number of likely N-dealkylation sites (tertiary alicyclic amines) is 1. The van der Waals surface area contributed by atoms with Gasteiger partial charge in [0, 0.05) is 43.4 Å². The number of nitrogens with zero attached hydrogens (tertiary/aromatic N) is 3. The zero-order valence-electron chi connectivity index (χ0n) is 16.9. The second-order valence-electron chi connectivity index (χ2n) is 8.98. The van der Waals surface area contributed by atoms with Crippen LogP contribution < -0.4 is 5.32 Å². The lowest BCUT2D eigenvalue weighted by Gasteiger charge is -2.39. The molecule has 28 heavy (non-hydrogen) atoms. The number of benzene rings is 1. The first-order valence-electron chi connectivity index (χ1n) is 10.2. The van der Waals surface area contributed by atoms with E-state index >= 15 is 0 Å². The van der Waals surface area contributed by atoms with Crippen LogP contribution in [-0.2, 0) is 11.2 Å². The van der Waals surface area contributed by atoms with E-state index in [1.54, 1.807) is 19.1 Å². The monoisotopic (exact) mass is 384 g/mol. The molecule has 0 spiro atoms. The van der Waals surface area contributed by atoms with E-state index < -0.39 is 0 Å². The fraction of sp³-hybridized carbons (Fsp3) is 0.545. The van der Waals surface area contributed by atoms with Crippen LogP contribution in [0.3, 0.4) is 0 Å². The number of aromatic nitrogens is 2. The van der Waals surface area contributed by atoms with E-state index in [-0.39, 0.29) is 23.2 Å². The molecule has 6 heteroatoms. The maximum Gasteiger partial charge on any atom is 0.219 e. The Morgan fingerprint density at radius 3 is 2.54 bits per heavy atom. The summed E-state index contributed by atoms with van der Waals surface area (Å²) in [5, 5.41) is 8.49. The van der Waals surface area contributed by atoms with Gasteiger partial charge in [-0.1, -0.05) is 13.8 Å². The summed E-state index contributed by atoms with van der Waals surface area (Å²) in [7, 11) is 0. The number of amides is 1. The van der Waals surface area contributed by atoms with E-state index in [0.717, 1.165) is 44.5 Å². The lowest BCUT2D eigenvalue weighted by atomic mass is 9.74. The molecule has 1 amide bonds. The topological polar surface area (TPSA) is 50.2 Å². The van der Waals surface area contributed by atoms with Crippen LogP contribution >= 0.6 is 0 Å². The third-order valence-electron chi connectivity index (χ3n) is 6.13. The minimum absolute atomic E-state index is 0.155. The number of carbonyl (C=O) groups is 1. The predicted octanol–water partition coefficient (Wildman–Crippen LogP) is 3.63. The highest BCUT2D eigenvalue weighted by atomic mass is 19.1. The van der Waals surface area contributed by atoms with Crippen LogP contribution in [-0.4, -0.2) is 39.7 Å². The summed E-state index contributed by atoms with van der Waals surface area (Å²) in [5.41, 5.74) is 3.51. The molecule has 1 N–H and O–H groups in total. The first kappa shape index (κ1) is 19.1. The number of carbonyl (C=O) groups excluding carboxylic acids is 1. The summed E-state index contributed by atoms with van der Waals surface area (Å²) < 4.78 is 15.3. The smallest absolute Gasteiger partial charge is 0.219 e. The van der Waals surface area contributed by atoms with Crippen LogP contribution in [0.2, 0.25) is 0 Å². The molecule has 0 radical (unpaired) electrons. The third-order valence-corrected chi connectivity index (χ3v) is 6.13. The van der Waals surface area contributed by atoms with Gasteiger partial charge >= 0.3 is 0 Å². The van der Waals surface area contributed by atoms with Crippen molar-refractivity contribution in [3.05, 3.63) is 47.5 Å². The molecule has 1 aromatic heterocycles. The second-order valence-corrected chi connectivity index (χ2v) is 8.98. The first-order valence-corrected chi connectivity index (χ1v) is 10.2. The van der Waals surface area contributed by atoms with E-state index in [1.165, 1.54) is 23.4 Å². The Bertz CT molecular complexity index is 850. The van der Waals surface area contributed by atoms with Crippen molar-refractivity contribution < 1.29 is 9.18 Å². The van der Waals surface area contributed by atoms with Gasteiger partial charge in [0.25, 0.3) is 0 Å². The van der Waals surface area contributed by atoms with E-state index in [2.05, 4.69) is 24.3 Å². The maximum atomic E-state index is 13.3. The number of fused-ring (bicyclic) bond motifs is 1. The van der Waals surface area contributed by atoms with E-state index in [4.69, 9.17) is 0 Å². The van der Waals surface area contributed by atoms with Crippen molar-refractivity contribution in [1.82, 2.24) is 20.0 Å². The number of nitrogens with one attached hydrogen (secondary N) is 1. The molecule has 0 saturated carbocycles. The van der Waals surface area contributed by atoms with Crippen molar-refractivity contribution in [2.75, 3.05) is 13.1 Å². The molecule has 150 valence electrons. The summed E-state index contributed by atoms with van der Waals surface area (Å²) >= 11 is 0. The van der Waals surface area contributed by atoms with Gasteiger partial charge in [-0.05, 0) is 55.4 Å². The van der Waals surface area contributed by atoms with Gasteiger partial charge in [-0.3, -0.25) is 4.79 Å². The number of hydrogen-bond acceptors (Lipinski definition) is 3. The van der Waals surface area contributed by atoms with Crippen molar-refractivity contribution in [3.63, 3.8) is 0 Å². The highest BCUT2D eigenvalue weighted by Gasteiger charge is 2.36. The fourth-order valence-corrected chi connectivity index (χ4v) is 4.64. The molecular weight excluding hydrogens is 355 g/mol. The van der Waals surface area contributed by atoms with Crippen molar-refractivity contribution >= 4 is 5.91 Å². The van der Waals surface area contributed by atoms with Gasteiger partial charge in [-0.25, -0.2) is 9.07 Å². The van der Waals surface area contributed by atoms with E-state index in [9.17, 15) is 9.18 Å². The van der Waals surface area contributed by atoms with Crippen molar-refractivity contribution in [2.45, 2.75) is 58.5 Å². The summed E-state index contributed by atoms with van der Waals surface area (Å²) in [5.74, 6) is -0.0679. The molecular formula is C22H29FN4O. The Balaban J connectivity index is 1.56. The summed E-state index contributed by atoms with van der Waals surface area (Å²) in [6.45, 7) is 7.89. The Morgan fingerprint density at radius 2 is 1.89 bits per heavy atom. The van der Waals surface area contributed by atoms with Crippen molar-refractivity contribution in [1.29, 1.82) is 0 Å². The SMILES string of the molecule is CC(=O)N1CCC(N[C@@H]2CC(C)(C)Cc3c2cnn3-c2ccc(F)cc2)CC1. The molecule has 0 unspecified atom stereocenters. The predicted molar refractivity (Wildman–Crippen MR) is 107 cm³/mol. The zero-order chi connectivity index (χ0) is 19.9. The standard InChI is InChI=1S/C22H29FN4O/c1-15(28)26-10-8-17(9-11-26)25-20-12-22(2,3)13-21-19(20)14-24-27(21)18-6-4-16(23)5-7-18/h4-7,14,17,20,25H,8-13H2,1-3H3/t20-/m1/s1. The van der Waals surface area contributed by atoms with Gasteiger partial charge in [0.15, 0.2) is 0 Å². The van der Waals surface area contributed by atoms with Crippen molar-refractivity contribution in [2.24, 2.45) is 5.41 Å². The molecule has 1 aliphatic carbocycles. The molecule has 1 saturated heterocycles. The Labute approximate surface area is 165 Å². The molecule has 2 aromatic rings. The van der Waals surface area contributed by atoms with Crippen molar-refractivity contribution in [3.8, 4) is 5.69 Å². The molecule has 0 bridgehead atoms. The molecule has 2 aliphatic rings. The number of halogens is 1. The minimum Gasteiger partial charge on any atom is -0.343 e. The molecule has 1 fully saturated rings. The quantitative estimate of drug-likeness (QED) is 0.879. The lowest BCUT2D eigenvalue weighted by molar-refractivity contribution is -0.129. The van der Waals surface area contributed by atoms with Gasteiger partial charge in [0.05, 0.1) is 11.9 Å². The molecule has 4 rings (SSSR count). The Hall–Kier alpha value is -2.21. The molecule has 5 nitrogen and oxygen atoms in total. The Kier molecular flexibility index (Phi) is 5.00. The van der Waals surface area contributed by atoms with Gasteiger partial charge < -0.3 is 10.2 Å². The maximum absolute atomic E-state index is 13.3. The fourth-order valence-electron chi connectivity index (χ4n) is 4.64. The van der Waals surface area contributed by atoms with Crippen LogP contribution in [0.25, 0.3) is 5.69 Å². The van der Waals surface area contributed by atoms with Crippen LogP contribution in [0.15, 0.2) is 30.5 Å². The average molecular weight is 384 g/mol. The molecule has 1 aliphatic heterocycles. The normalized spacial score (nSPS) is 22.1. The number of rotatable bonds is 3. The summed E-state index contributed by atoms with van der Waals surface area (Å²) in [6, 6.07) is 7.19. The van der Waals surface area contributed by atoms with E-state index in [0.29, 0.717) is 6.04 Å². The zero-order valence-corrected chi connectivity index (χ0v) is 16.9. The number of hydrogen-bond donors (Lipinski definition) is 1. The number of piperidine rings is 1. The Morgan fingerprint density at radius 1 is 1.21 bits per heavy atom. The van der Waals surface area contributed by atoms with Gasteiger partial charge in [-0.15, -0.1) is 0 Å². The third kappa shape index (κ3) is 3.83. The second kappa shape index (κ2) is 7.32. The highest BCUT2D eigenvalue weighted by molar-refractivity contribution is 5.73. The van der Waals surface area contributed by atoms with Crippen LogP contribution in [0.5, 0.6) is 0 Å². The molecule has 2 heterocycles. The molecule has 1 atom stereocenters. The van der Waals surface area contributed by atoms with Crippen LogP contribution in [0.1, 0.15) is 57.3 Å². The van der Waals surface area contributed by atoms with Gasteiger partial charge in [0.1, 0.15) is 5.82 Å². The molecule has 1 aromatic carbocycles. The minimum atomic E-state index is -0.235. The lowest BCUT2D eigenvalue weighted by Crippen LogP contribution is -2.46. The van der Waals surface area contributed by atoms with Gasteiger partial charge in [-0.2, -0.15) is 5.10 Å². The first-order chi connectivity index (χ1) is 13.3. The van der Waals surface area contributed by atoms with E-state index in [1.807, 2.05) is 15.8 Å². The highest BCUT2D eigenvalue weighted by Crippen LogP contribution is 2.41. The van der Waals surface area contributed by atoms with Crippen LogP contribution in [0.4, 0.5) is 4.39 Å². The largest absolute Gasteiger partial charge is 0.343 e. The summed E-state index contributed by atoms with van der Waals surface area (Å²) in [6.07, 6.45) is 5.94. The summed E-state index contributed by atoms with van der Waals surface area (Å²) in [4.78, 5) is 13.5. The average Bonchev–Trinajstić information content (AvgIpc) is 3.05.